The normalized spacial score (nSPS) is 13.6. The summed E-state index contributed by atoms with van der Waals surface area (Å²) in [5.74, 6) is 0. The lowest BCUT2D eigenvalue weighted by molar-refractivity contribution is 0.658. The summed E-state index contributed by atoms with van der Waals surface area (Å²) in [5, 5.41) is 9.91. The van der Waals surface area contributed by atoms with Crippen LogP contribution in [0.5, 0.6) is 0 Å². The van der Waals surface area contributed by atoms with Crippen molar-refractivity contribution in [1.29, 1.82) is 0 Å². The number of nitrogens with zero attached hydrogens (tertiary/aromatic N) is 3. The van der Waals surface area contributed by atoms with Gasteiger partial charge in [-0.15, -0.1) is 0 Å². The van der Waals surface area contributed by atoms with Crippen molar-refractivity contribution < 1.29 is 0 Å². The van der Waals surface area contributed by atoms with Gasteiger partial charge in [-0.1, -0.05) is 141 Å². The van der Waals surface area contributed by atoms with Crippen LogP contribution >= 0.6 is 0 Å². The molecule has 1 aliphatic carbocycles. The molecule has 2 N–H and O–H groups in total. The van der Waals surface area contributed by atoms with Gasteiger partial charge in [0.1, 0.15) is 0 Å². The molecule has 11 aromatic rings. The minimum atomic E-state index is -0.217. The second-order valence-electron chi connectivity index (χ2n) is 16.6. The highest BCUT2D eigenvalue weighted by Gasteiger charge is 2.38. The van der Waals surface area contributed by atoms with E-state index in [9.17, 15) is 0 Å². The summed E-state index contributed by atoms with van der Waals surface area (Å²) in [6.45, 7) is 5.25. The molecule has 0 aliphatic heterocycles. The van der Waals surface area contributed by atoms with Crippen LogP contribution in [0.3, 0.4) is 0 Å². The molecule has 12 rings (SSSR count). The maximum atomic E-state index is 6.66. The van der Waals surface area contributed by atoms with Gasteiger partial charge in [0.25, 0.3) is 0 Å². The van der Waals surface area contributed by atoms with Crippen LogP contribution < -0.4 is 5.73 Å². The fraction of sp³-hybridized carbons (Fsp3) is 0.0727. The van der Waals surface area contributed by atoms with E-state index in [0.29, 0.717) is 12.2 Å². The van der Waals surface area contributed by atoms with Gasteiger partial charge in [0, 0.05) is 43.7 Å². The summed E-state index contributed by atoms with van der Waals surface area (Å²) in [7, 11) is 0. The third-order valence-electron chi connectivity index (χ3n) is 12.9. The molecule has 9 aromatic carbocycles. The van der Waals surface area contributed by atoms with E-state index < -0.39 is 0 Å². The summed E-state index contributed by atoms with van der Waals surface area (Å²) in [6.07, 6.45) is 0. The predicted molar refractivity (Wildman–Crippen MR) is 250 cm³/mol. The van der Waals surface area contributed by atoms with Crippen LogP contribution in [0.2, 0.25) is 0 Å². The fourth-order valence-electron chi connectivity index (χ4n) is 10.3. The lowest BCUT2D eigenvalue weighted by Crippen LogP contribution is -2.21. The molecule has 0 atom stereocenters. The van der Waals surface area contributed by atoms with Crippen molar-refractivity contribution in [2.24, 2.45) is 4.99 Å². The standard InChI is InChI=1S/C55H40N4/c1-55(2)45-22-9-7-18-39(45)41-20-13-21-42(54(41)55)48(57-47-24-11-10-23-46(47)56)33-58-49-29-27-37(32-44(49)53-38-17-6-5-14-34(38)26-28-51(53)58)59-50-25-12-8-19-40(50)43-30-35-15-3-4-16-36(35)31-52(43)59/h3-32H,33,56H2,1-2H3. The number of hydrogen-bond acceptors (Lipinski definition) is 2. The molecule has 2 aromatic heterocycles. The molecule has 0 saturated carbocycles. The molecule has 1 aliphatic rings. The van der Waals surface area contributed by atoms with E-state index in [1.807, 2.05) is 24.3 Å². The zero-order chi connectivity index (χ0) is 39.4. The average molecular weight is 757 g/mol. The molecule has 0 saturated heterocycles. The number of rotatable bonds is 5. The van der Waals surface area contributed by atoms with Crippen LogP contribution in [0, 0.1) is 0 Å². The van der Waals surface area contributed by atoms with Crippen LogP contribution in [0.4, 0.5) is 11.4 Å². The monoisotopic (exact) mass is 756 g/mol. The second-order valence-corrected chi connectivity index (χ2v) is 16.6. The largest absolute Gasteiger partial charge is 0.397 e. The molecule has 0 unspecified atom stereocenters. The topological polar surface area (TPSA) is 48.2 Å². The first kappa shape index (κ1) is 33.7. The minimum Gasteiger partial charge on any atom is -0.397 e. The number of para-hydroxylation sites is 3. The fourth-order valence-corrected chi connectivity index (χ4v) is 10.3. The highest BCUT2D eigenvalue weighted by atomic mass is 15.0. The van der Waals surface area contributed by atoms with Crippen LogP contribution in [-0.2, 0) is 12.0 Å². The Morgan fingerprint density at radius 3 is 2.08 bits per heavy atom. The van der Waals surface area contributed by atoms with Gasteiger partial charge in [0.05, 0.1) is 40.2 Å². The molecule has 0 spiro atoms. The van der Waals surface area contributed by atoms with Crippen LogP contribution in [0.1, 0.15) is 30.5 Å². The molecular formula is C55H40N4. The molecule has 4 nitrogen and oxygen atoms in total. The highest BCUT2D eigenvalue weighted by Crippen LogP contribution is 2.50. The number of aromatic nitrogens is 2. The second kappa shape index (κ2) is 12.5. The average Bonchev–Trinajstić information content (AvgIpc) is 3.85. The molecule has 0 amide bonds. The van der Waals surface area contributed by atoms with Gasteiger partial charge >= 0.3 is 0 Å². The van der Waals surface area contributed by atoms with Gasteiger partial charge < -0.3 is 14.9 Å². The van der Waals surface area contributed by atoms with Crippen molar-refractivity contribution in [3.63, 3.8) is 0 Å². The summed E-state index contributed by atoms with van der Waals surface area (Å²) in [4.78, 5) is 5.50. The van der Waals surface area contributed by atoms with Crippen molar-refractivity contribution in [3.8, 4) is 16.8 Å². The van der Waals surface area contributed by atoms with Gasteiger partial charge in [0.15, 0.2) is 0 Å². The summed E-state index contributed by atoms with van der Waals surface area (Å²) in [6, 6.07) is 66.1. The van der Waals surface area contributed by atoms with E-state index in [1.165, 1.54) is 81.9 Å². The minimum absolute atomic E-state index is 0.217. The van der Waals surface area contributed by atoms with Crippen LogP contribution in [0.15, 0.2) is 187 Å². The maximum absolute atomic E-state index is 6.66. The number of fused-ring (bicyclic) bond motifs is 12. The molecular weight excluding hydrogens is 717 g/mol. The first-order valence-corrected chi connectivity index (χ1v) is 20.5. The summed E-state index contributed by atoms with van der Waals surface area (Å²) < 4.78 is 4.93. The number of benzene rings is 9. The Bertz CT molecular complexity index is 3580. The number of nitrogen functional groups attached to an aromatic ring is 1. The van der Waals surface area contributed by atoms with Crippen LogP contribution in [0.25, 0.3) is 82.0 Å². The van der Waals surface area contributed by atoms with Crippen molar-refractivity contribution >= 4 is 82.2 Å². The number of hydrogen-bond donors (Lipinski definition) is 1. The van der Waals surface area contributed by atoms with Crippen molar-refractivity contribution in [2.75, 3.05) is 5.73 Å². The quantitative estimate of drug-likeness (QED) is 0.138. The lowest BCUT2D eigenvalue weighted by atomic mass is 9.79. The zero-order valence-electron chi connectivity index (χ0n) is 32.9. The first-order valence-electron chi connectivity index (χ1n) is 20.5. The van der Waals surface area contributed by atoms with Gasteiger partial charge in [-0.2, -0.15) is 0 Å². The van der Waals surface area contributed by atoms with Gasteiger partial charge in [-0.05, 0) is 98.4 Å². The van der Waals surface area contributed by atoms with E-state index in [2.05, 4.69) is 181 Å². The Kier molecular flexibility index (Phi) is 7.16. The Morgan fingerprint density at radius 2 is 1.22 bits per heavy atom. The predicted octanol–water partition coefficient (Wildman–Crippen LogP) is 13.9. The SMILES string of the molecule is CC1(C)c2ccccc2-c2cccc(C(Cn3c4ccc(-n5c6ccccc6c6cc7ccccc7cc65)cc4c4c5ccccc5ccc43)=Nc3ccccc3N)c21. The van der Waals surface area contributed by atoms with E-state index in [4.69, 9.17) is 10.7 Å². The first-order chi connectivity index (χ1) is 28.9. The molecule has 0 fully saturated rings. The Balaban J connectivity index is 1.13. The van der Waals surface area contributed by atoms with Crippen molar-refractivity contribution in [1.82, 2.24) is 9.13 Å². The van der Waals surface area contributed by atoms with Crippen molar-refractivity contribution in [2.45, 2.75) is 25.8 Å². The van der Waals surface area contributed by atoms with Gasteiger partial charge in [-0.25, -0.2) is 4.99 Å². The van der Waals surface area contributed by atoms with Gasteiger partial charge in [0.2, 0.25) is 0 Å². The lowest BCUT2D eigenvalue weighted by Gasteiger charge is -2.25. The third kappa shape index (κ3) is 4.93. The smallest absolute Gasteiger partial charge is 0.0863 e. The molecule has 280 valence electrons. The third-order valence-corrected chi connectivity index (χ3v) is 12.9. The number of anilines is 1. The summed E-state index contributed by atoms with van der Waals surface area (Å²) >= 11 is 0. The maximum Gasteiger partial charge on any atom is 0.0863 e. The number of aliphatic imine (C=N–C) groups is 1. The van der Waals surface area contributed by atoms with E-state index in [0.717, 1.165) is 28.2 Å². The van der Waals surface area contributed by atoms with Crippen molar-refractivity contribution in [3.05, 3.63) is 199 Å². The Hall–Kier alpha value is -7.43. The molecule has 59 heavy (non-hydrogen) atoms. The van der Waals surface area contributed by atoms with Gasteiger partial charge in [-0.3, -0.25) is 0 Å². The zero-order valence-corrected chi connectivity index (χ0v) is 32.9. The molecule has 0 radical (unpaired) electrons. The number of nitrogens with two attached hydrogens (primary N) is 1. The summed E-state index contributed by atoms with van der Waals surface area (Å²) in [5.41, 5.74) is 21.1. The highest BCUT2D eigenvalue weighted by molar-refractivity contribution is 6.22. The van der Waals surface area contributed by atoms with E-state index in [-0.39, 0.29) is 5.41 Å². The molecule has 0 bridgehead atoms. The van der Waals surface area contributed by atoms with E-state index in [1.54, 1.807) is 0 Å². The van der Waals surface area contributed by atoms with E-state index >= 15 is 0 Å². The Morgan fingerprint density at radius 1 is 0.525 bits per heavy atom. The molecule has 4 heteroatoms. The molecule has 2 heterocycles. The Labute approximate surface area is 342 Å². The van der Waals surface area contributed by atoms with Crippen LogP contribution in [-0.4, -0.2) is 14.8 Å².